The van der Waals surface area contributed by atoms with E-state index in [0.29, 0.717) is 11.1 Å². The molecule has 0 saturated carbocycles. The Balaban J connectivity index is 2.01. The highest BCUT2D eigenvalue weighted by molar-refractivity contribution is 9.10. The summed E-state index contributed by atoms with van der Waals surface area (Å²) in [6, 6.07) is 1.60. The van der Waals surface area contributed by atoms with Gasteiger partial charge in [0.2, 0.25) is 5.91 Å². The summed E-state index contributed by atoms with van der Waals surface area (Å²) in [7, 11) is 0. The van der Waals surface area contributed by atoms with E-state index in [1.54, 1.807) is 13.0 Å². The predicted octanol–water partition coefficient (Wildman–Crippen LogP) is 2.64. The largest absolute Gasteiger partial charge is 0.504 e. The van der Waals surface area contributed by atoms with Crippen LogP contribution >= 0.6 is 15.9 Å². The molecule has 0 atom stereocenters. The minimum absolute atomic E-state index is 0.00936. The Hall–Kier alpha value is -1.63. The van der Waals surface area contributed by atoms with Crippen LogP contribution in [0.5, 0.6) is 5.75 Å². The van der Waals surface area contributed by atoms with Gasteiger partial charge in [0.15, 0.2) is 11.6 Å². The van der Waals surface area contributed by atoms with Crippen LogP contribution in [0.3, 0.4) is 0 Å². The van der Waals surface area contributed by atoms with Crippen LogP contribution in [0.2, 0.25) is 0 Å². The predicted molar refractivity (Wildman–Crippen MR) is 75.3 cm³/mol. The average Bonchev–Trinajstić information content (AvgIpc) is 2.86. The van der Waals surface area contributed by atoms with E-state index in [-0.39, 0.29) is 36.3 Å². The van der Waals surface area contributed by atoms with Crippen molar-refractivity contribution in [2.75, 3.05) is 0 Å². The lowest BCUT2D eigenvalue weighted by atomic mass is 10.1. The van der Waals surface area contributed by atoms with Crippen molar-refractivity contribution in [1.82, 2.24) is 4.90 Å². The topological polar surface area (TPSA) is 66.8 Å². The number of carbonyl (C=O) groups is 2. The Morgan fingerprint density at radius 1 is 1.48 bits per heavy atom. The van der Waals surface area contributed by atoms with E-state index in [9.17, 15) is 19.1 Å². The third-order valence-electron chi connectivity index (χ3n) is 3.24. The molecule has 113 valence electrons. The van der Waals surface area contributed by atoms with Gasteiger partial charge in [-0.3, -0.25) is 9.59 Å². The molecule has 5 nitrogen and oxygen atoms in total. The quantitative estimate of drug-likeness (QED) is 0.840. The van der Waals surface area contributed by atoms with Crippen LogP contribution in [0.4, 0.5) is 4.39 Å². The number of carbonyl (C=O) groups excluding carboxylic acids is 2. The molecule has 2 rings (SSSR count). The number of ether oxygens (including phenoxy) is 1. The highest BCUT2D eigenvalue weighted by Crippen LogP contribution is 2.36. The normalized spacial score (nSPS) is 13.2. The summed E-state index contributed by atoms with van der Waals surface area (Å²) in [5, 5.41) is 9.54. The summed E-state index contributed by atoms with van der Waals surface area (Å²) < 4.78 is 18.8. The second-order valence-electron chi connectivity index (χ2n) is 4.63. The first kappa shape index (κ1) is 15.8. The highest BCUT2D eigenvalue weighted by atomic mass is 79.9. The number of halogens is 2. The number of benzene rings is 1. The van der Waals surface area contributed by atoms with Crippen molar-refractivity contribution < 1.29 is 23.8 Å². The molecule has 0 bridgehead atoms. The smallest absolute Gasteiger partial charge is 0.306 e. The zero-order valence-electron chi connectivity index (χ0n) is 11.4. The Morgan fingerprint density at radius 3 is 2.86 bits per heavy atom. The van der Waals surface area contributed by atoms with Crippen molar-refractivity contribution in [1.29, 1.82) is 0 Å². The van der Waals surface area contributed by atoms with Crippen molar-refractivity contribution in [2.24, 2.45) is 0 Å². The molecular formula is C14H14BrFNO4. The summed E-state index contributed by atoms with van der Waals surface area (Å²) in [5.74, 6) is -1.90. The molecule has 0 unspecified atom stereocenters. The number of phenolic OH excluding ortho intramolecular Hbond substituents is 1. The SMILES string of the molecule is C[CH]OC(=O)CCC(=O)N1Cc2cc(Br)c(O)c(F)c2C1. The van der Waals surface area contributed by atoms with Crippen molar-refractivity contribution in [3.8, 4) is 5.75 Å². The van der Waals surface area contributed by atoms with Crippen molar-refractivity contribution in [3.05, 3.63) is 34.1 Å². The van der Waals surface area contributed by atoms with Gasteiger partial charge in [-0.05, 0) is 34.5 Å². The third-order valence-corrected chi connectivity index (χ3v) is 3.85. The van der Waals surface area contributed by atoms with Gasteiger partial charge in [0.1, 0.15) is 6.61 Å². The first-order chi connectivity index (χ1) is 9.93. The van der Waals surface area contributed by atoms with Crippen LogP contribution in [0, 0.1) is 12.4 Å². The van der Waals surface area contributed by atoms with Gasteiger partial charge in [0.25, 0.3) is 0 Å². The lowest BCUT2D eigenvalue weighted by molar-refractivity contribution is -0.143. The maximum absolute atomic E-state index is 13.9. The molecular weight excluding hydrogens is 345 g/mol. The fourth-order valence-electron chi connectivity index (χ4n) is 2.20. The molecule has 0 fully saturated rings. The molecule has 1 heterocycles. The number of fused-ring (bicyclic) bond motifs is 1. The molecule has 0 aromatic heterocycles. The summed E-state index contributed by atoms with van der Waals surface area (Å²) in [4.78, 5) is 24.7. The van der Waals surface area contributed by atoms with Crippen LogP contribution in [-0.4, -0.2) is 21.9 Å². The standard InChI is InChI=1S/C14H14BrFNO4/c1-2-21-12(19)4-3-11(18)17-6-8-5-10(15)14(20)13(16)9(8)7-17/h2,5,20H,3-4,6-7H2,1H3. The minimum atomic E-state index is -0.713. The van der Waals surface area contributed by atoms with E-state index in [1.807, 2.05) is 0 Å². The van der Waals surface area contributed by atoms with Gasteiger partial charge in [-0.2, -0.15) is 0 Å². The molecule has 1 amide bonds. The summed E-state index contributed by atoms with van der Waals surface area (Å²) in [6.07, 6.45) is -0.0110. The lowest BCUT2D eigenvalue weighted by Crippen LogP contribution is -2.25. The van der Waals surface area contributed by atoms with Gasteiger partial charge in [0, 0.05) is 25.1 Å². The maximum atomic E-state index is 13.9. The first-order valence-electron chi connectivity index (χ1n) is 6.37. The highest BCUT2D eigenvalue weighted by Gasteiger charge is 2.28. The Labute approximate surface area is 129 Å². The van der Waals surface area contributed by atoms with Crippen molar-refractivity contribution in [2.45, 2.75) is 32.9 Å². The molecule has 1 aromatic carbocycles. The Bertz CT molecular complexity index is 591. The van der Waals surface area contributed by atoms with Crippen LogP contribution in [0.1, 0.15) is 30.9 Å². The number of hydrogen-bond acceptors (Lipinski definition) is 4. The zero-order chi connectivity index (χ0) is 15.6. The monoisotopic (exact) mass is 358 g/mol. The lowest BCUT2D eigenvalue weighted by Gasteiger charge is -2.14. The van der Waals surface area contributed by atoms with Gasteiger partial charge >= 0.3 is 5.97 Å². The minimum Gasteiger partial charge on any atom is -0.504 e. The number of phenols is 1. The first-order valence-corrected chi connectivity index (χ1v) is 7.17. The fourth-order valence-corrected chi connectivity index (χ4v) is 2.65. The van der Waals surface area contributed by atoms with Crippen LogP contribution in [-0.2, 0) is 27.4 Å². The average molecular weight is 359 g/mol. The van der Waals surface area contributed by atoms with E-state index in [2.05, 4.69) is 20.7 Å². The summed E-state index contributed by atoms with van der Waals surface area (Å²) in [5.41, 5.74) is 0.962. The van der Waals surface area contributed by atoms with Gasteiger partial charge in [0.05, 0.1) is 10.9 Å². The second kappa shape index (κ2) is 6.43. The van der Waals surface area contributed by atoms with Gasteiger partial charge in [-0.15, -0.1) is 0 Å². The number of rotatable bonds is 4. The van der Waals surface area contributed by atoms with Crippen LogP contribution < -0.4 is 0 Å². The van der Waals surface area contributed by atoms with E-state index in [0.717, 1.165) is 0 Å². The van der Waals surface area contributed by atoms with Gasteiger partial charge < -0.3 is 14.7 Å². The van der Waals surface area contributed by atoms with Gasteiger partial charge in [-0.25, -0.2) is 4.39 Å². The molecule has 0 spiro atoms. The molecule has 7 heteroatoms. The van der Waals surface area contributed by atoms with Crippen LogP contribution in [0.25, 0.3) is 0 Å². The van der Waals surface area contributed by atoms with E-state index < -0.39 is 17.5 Å². The fraction of sp³-hybridized carbons (Fsp3) is 0.357. The number of nitrogens with zero attached hydrogens (tertiary/aromatic N) is 1. The van der Waals surface area contributed by atoms with Crippen LogP contribution in [0.15, 0.2) is 10.5 Å². The molecule has 1 aliphatic rings. The Kier molecular flexibility index (Phi) is 4.82. The molecule has 1 aromatic rings. The number of amides is 1. The molecule has 1 N–H and O–H groups in total. The number of esters is 1. The molecule has 21 heavy (non-hydrogen) atoms. The molecule has 1 radical (unpaired) electrons. The van der Waals surface area contributed by atoms with Crippen molar-refractivity contribution >= 4 is 27.8 Å². The van der Waals surface area contributed by atoms with Gasteiger partial charge in [-0.1, -0.05) is 0 Å². The second-order valence-corrected chi connectivity index (χ2v) is 5.49. The zero-order valence-corrected chi connectivity index (χ0v) is 12.9. The number of hydrogen-bond donors (Lipinski definition) is 1. The van der Waals surface area contributed by atoms with Crippen molar-refractivity contribution in [3.63, 3.8) is 0 Å². The summed E-state index contributed by atoms with van der Waals surface area (Å²) in [6.45, 7) is 3.19. The maximum Gasteiger partial charge on any atom is 0.306 e. The van der Waals surface area contributed by atoms with E-state index >= 15 is 0 Å². The summed E-state index contributed by atoms with van der Waals surface area (Å²) >= 11 is 3.07. The third kappa shape index (κ3) is 3.34. The number of aromatic hydroxyl groups is 1. The molecule has 0 saturated heterocycles. The van der Waals surface area contributed by atoms with E-state index in [4.69, 9.17) is 0 Å². The molecule has 0 aliphatic carbocycles. The molecule has 1 aliphatic heterocycles. The Morgan fingerprint density at radius 2 is 2.19 bits per heavy atom. The van der Waals surface area contributed by atoms with E-state index in [1.165, 1.54) is 11.5 Å².